The predicted octanol–water partition coefficient (Wildman–Crippen LogP) is 4.77. The Labute approximate surface area is 278 Å². The summed E-state index contributed by atoms with van der Waals surface area (Å²) in [4.78, 5) is 29.7. The van der Waals surface area contributed by atoms with E-state index in [1.807, 2.05) is 43.1 Å². The molecule has 2 saturated heterocycles. The number of ether oxygens (including phenoxy) is 1. The van der Waals surface area contributed by atoms with Crippen molar-refractivity contribution in [3.8, 4) is 22.9 Å². The molecule has 0 bridgehead atoms. The van der Waals surface area contributed by atoms with Gasteiger partial charge in [-0.3, -0.25) is 14.6 Å². The third kappa shape index (κ3) is 6.78. The number of anilines is 1. The molecule has 0 saturated carbocycles. The summed E-state index contributed by atoms with van der Waals surface area (Å²) in [5, 5.41) is 18.2. The van der Waals surface area contributed by atoms with E-state index in [0.29, 0.717) is 28.3 Å². The summed E-state index contributed by atoms with van der Waals surface area (Å²) in [6, 6.07) is 11.7. The molecule has 0 radical (unpaired) electrons. The van der Waals surface area contributed by atoms with Gasteiger partial charge in [-0.15, -0.1) is 11.8 Å². The zero-order chi connectivity index (χ0) is 32.3. The SMILES string of the molecule is CCOc1cc(-c2ccc(N3CCC(CN4CCN(C)[C@@H](C)SC4)(NC(=O)c4ncccc4Cl)CC3)nc2)c2c(C#N)cnn2c1. The molecule has 6 heterocycles. The van der Waals surface area contributed by atoms with E-state index in [9.17, 15) is 10.1 Å². The molecular weight excluding hydrogens is 622 g/mol. The van der Waals surface area contributed by atoms with Crippen molar-refractivity contribution in [1.82, 2.24) is 34.7 Å². The molecule has 240 valence electrons. The Kier molecular flexibility index (Phi) is 9.65. The van der Waals surface area contributed by atoms with Gasteiger partial charge in [0.2, 0.25) is 0 Å². The molecule has 0 aromatic carbocycles. The molecule has 0 spiro atoms. The molecule has 13 heteroatoms. The van der Waals surface area contributed by atoms with Gasteiger partial charge >= 0.3 is 0 Å². The van der Waals surface area contributed by atoms with Gasteiger partial charge in [-0.05, 0) is 64.1 Å². The highest BCUT2D eigenvalue weighted by Crippen LogP contribution is 2.33. The molecule has 46 heavy (non-hydrogen) atoms. The molecule has 2 fully saturated rings. The maximum absolute atomic E-state index is 13.5. The zero-order valence-corrected chi connectivity index (χ0v) is 27.9. The molecule has 4 aromatic heterocycles. The molecule has 0 aliphatic carbocycles. The Morgan fingerprint density at radius 2 is 2.02 bits per heavy atom. The average molecular weight is 660 g/mol. The van der Waals surface area contributed by atoms with E-state index >= 15 is 0 Å². The van der Waals surface area contributed by atoms with Crippen molar-refractivity contribution >= 4 is 40.6 Å². The normalized spacial score (nSPS) is 19.0. The number of carbonyl (C=O) groups excluding carboxylic acids is 1. The Morgan fingerprint density at radius 1 is 1.20 bits per heavy atom. The van der Waals surface area contributed by atoms with Gasteiger partial charge in [-0.1, -0.05) is 11.6 Å². The van der Waals surface area contributed by atoms with Crippen molar-refractivity contribution < 1.29 is 9.53 Å². The van der Waals surface area contributed by atoms with Crippen molar-refractivity contribution in [3.63, 3.8) is 0 Å². The van der Waals surface area contributed by atoms with Crippen molar-refractivity contribution in [2.75, 3.05) is 57.2 Å². The minimum Gasteiger partial charge on any atom is -0.492 e. The van der Waals surface area contributed by atoms with Crippen LogP contribution in [0.3, 0.4) is 0 Å². The van der Waals surface area contributed by atoms with Gasteiger partial charge < -0.3 is 15.0 Å². The molecule has 2 aliphatic rings. The highest BCUT2D eigenvalue weighted by atomic mass is 35.5. The minimum atomic E-state index is -0.442. The van der Waals surface area contributed by atoms with Gasteiger partial charge in [0.05, 0.1) is 46.0 Å². The van der Waals surface area contributed by atoms with Crippen LogP contribution < -0.4 is 15.0 Å². The Bertz CT molecular complexity index is 1720. The van der Waals surface area contributed by atoms with Crippen LogP contribution in [0.2, 0.25) is 5.02 Å². The van der Waals surface area contributed by atoms with Crippen molar-refractivity contribution in [1.29, 1.82) is 5.26 Å². The van der Waals surface area contributed by atoms with Gasteiger partial charge in [-0.2, -0.15) is 10.4 Å². The van der Waals surface area contributed by atoms with Crippen LogP contribution in [0.15, 0.2) is 55.1 Å². The quantitative estimate of drug-likeness (QED) is 0.284. The van der Waals surface area contributed by atoms with Crippen LogP contribution in [0.25, 0.3) is 16.6 Å². The number of hydrogen-bond donors (Lipinski definition) is 1. The van der Waals surface area contributed by atoms with Gasteiger partial charge in [0.1, 0.15) is 23.3 Å². The fourth-order valence-corrected chi connectivity index (χ4v) is 7.37. The standard InChI is InChI=1S/C33H38ClN9O2S/c1-4-45-26-16-27(31-25(17-35)19-38-43(31)20-26)24-7-8-29(37-18-24)42-12-9-33(10-13-42,21-41-15-14-40(3)23(2)46-22-41)39-32(44)30-28(34)6-5-11-36-30/h5-8,11,16,18-20,23H,4,9-10,12-15,21-22H2,1-3H3,(H,39,44)/t23-/m1/s1. The number of nitrogens with zero attached hydrogens (tertiary/aromatic N) is 8. The van der Waals surface area contributed by atoms with Crippen LogP contribution in [0.1, 0.15) is 42.7 Å². The first-order valence-electron chi connectivity index (χ1n) is 15.5. The van der Waals surface area contributed by atoms with E-state index in [2.05, 4.69) is 50.1 Å². The monoisotopic (exact) mass is 659 g/mol. The Morgan fingerprint density at radius 3 is 2.74 bits per heavy atom. The third-order valence-electron chi connectivity index (χ3n) is 8.89. The number of piperidine rings is 1. The summed E-state index contributed by atoms with van der Waals surface area (Å²) >= 11 is 8.29. The van der Waals surface area contributed by atoms with Gasteiger partial charge in [-0.25, -0.2) is 14.5 Å². The average Bonchev–Trinajstić information content (AvgIpc) is 3.42. The highest BCUT2D eigenvalue weighted by molar-refractivity contribution is 7.99. The zero-order valence-electron chi connectivity index (χ0n) is 26.3. The number of amides is 1. The fraction of sp³-hybridized carbons (Fsp3) is 0.424. The van der Waals surface area contributed by atoms with Crippen LogP contribution in [0.5, 0.6) is 5.75 Å². The van der Waals surface area contributed by atoms with Crippen LogP contribution in [-0.4, -0.2) is 98.5 Å². The second kappa shape index (κ2) is 13.8. The third-order valence-corrected chi connectivity index (χ3v) is 10.5. The van der Waals surface area contributed by atoms with Crippen LogP contribution in [-0.2, 0) is 0 Å². The number of likely N-dealkylation sites (N-methyl/N-ethyl adjacent to an activating group) is 1. The second-order valence-electron chi connectivity index (χ2n) is 11.9. The van der Waals surface area contributed by atoms with E-state index in [1.165, 1.54) is 0 Å². The number of thioether (sulfide) groups is 1. The number of carbonyl (C=O) groups is 1. The topological polar surface area (TPSA) is 115 Å². The number of pyridine rings is 3. The molecule has 4 aromatic rings. The first-order valence-corrected chi connectivity index (χ1v) is 16.9. The van der Waals surface area contributed by atoms with Crippen molar-refractivity contribution in [2.45, 2.75) is 37.6 Å². The number of rotatable bonds is 8. The van der Waals surface area contributed by atoms with Crippen LogP contribution in [0.4, 0.5) is 5.82 Å². The van der Waals surface area contributed by atoms with E-state index in [0.717, 1.165) is 73.9 Å². The van der Waals surface area contributed by atoms with E-state index < -0.39 is 5.54 Å². The summed E-state index contributed by atoms with van der Waals surface area (Å²) in [6.45, 7) is 8.80. The van der Waals surface area contributed by atoms with Crippen molar-refractivity contribution in [2.24, 2.45) is 0 Å². The summed E-state index contributed by atoms with van der Waals surface area (Å²) in [5.41, 5.74) is 2.73. The number of aromatic nitrogens is 4. The molecule has 2 aliphatic heterocycles. The highest BCUT2D eigenvalue weighted by Gasteiger charge is 2.39. The Balaban J connectivity index is 1.22. The molecule has 1 N–H and O–H groups in total. The maximum atomic E-state index is 13.5. The maximum Gasteiger partial charge on any atom is 0.271 e. The smallest absolute Gasteiger partial charge is 0.271 e. The Hall–Kier alpha value is -3.89. The summed E-state index contributed by atoms with van der Waals surface area (Å²) in [6.07, 6.45) is 8.29. The minimum absolute atomic E-state index is 0.244. The summed E-state index contributed by atoms with van der Waals surface area (Å²) in [5.74, 6) is 2.20. The number of fused-ring (bicyclic) bond motifs is 1. The number of nitrogens with one attached hydrogen (secondary N) is 1. The molecule has 11 nitrogen and oxygen atoms in total. The lowest BCUT2D eigenvalue weighted by atomic mass is 9.86. The van der Waals surface area contributed by atoms with Crippen LogP contribution >= 0.6 is 23.4 Å². The van der Waals surface area contributed by atoms with Gasteiger partial charge in [0, 0.05) is 62.1 Å². The van der Waals surface area contributed by atoms with E-state index in [4.69, 9.17) is 21.3 Å². The number of hydrogen-bond acceptors (Lipinski definition) is 10. The molecule has 0 unspecified atom stereocenters. The predicted molar refractivity (Wildman–Crippen MR) is 181 cm³/mol. The first kappa shape index (κ1) is 32.1. The fourth-order valence-electron chi connectivity index (χ4n) is 6.15. The summed E-state index contributed by atoms with van der Waals surface area (Å²) in [7, 11) is 2.16. The largest absolute Gasteiger partial charge is 0.492 e. The lowest BCUT2D eigenvalue weighted by Gasteiger charge is -2.45. The molecule has 1 amide bonds. The van der Waals surface area contributed by atoms with E-state index in [1.54, 1.807) is 35.2 Å². The number of halogens is 1. The lowest BCUT2D eigenvalue weighted by Crippen LogP contribution is -2.61. The van der Waals surface area contributed by atoms with Gasteiger partial charge in [0.15, 0.2) is 0 Å². The summed E-state index contributed by atoms with van der Waals surface area (Å²) < 4.78 is 7.46. The first-order chi connectivity index (χ1) is 22.3. The van der Waals surface area contributed by atoms with Crippen molar-refractivity contribution in [3.05, 3.63) is 71.4 Å². The van der Waals surface area contributed by atoms with E-state index in [-0.39, 0.29) is 11.6 Å². The van der Waals surface area contributed by atoms with Crippen LogP contribution in [0, 0.1) is 11.3 Å². The second-order valence-corrected chi connectivity index (χ2v) is 13.6. The molecule has 6 rings (SSSR count). The number of nitriles is 1. The molecule has 1 atom stereocenters. The van der Waals surface area contributed by atoms with Gasteiger partial charge in [0.25, 0.3) is 5.91 Å². The lowest BCUT2D eigenvalue weighted by molar-refractivity contribution is 0.0831. The molecular formula is C33H38ClN9O2S.